The number of imidazole rings is 1. The van der Waals surface area contributed by atoms with Gasteiger partial charge in [-0.3, -0.25) is 4.40 Å². The van der Waals surface area contributed by atoms with Crippen LogP contribution in [0.25, 0.3) is 16.9 Å². The number of nitrogens with one attached hydrogen (secondary N) is 1. The Balaban J connectivity index is 1.77. The summed E-state index contributed by atoms with van der Waals surface area (Å²) in [6.07, 6.45) is 2.00. The highest BCUT2D eigenvalue weighted by Gasteiger charge is 2.13. The Bertz CT molecular complexity index is 959. The lowest BCUT2D eigenvalue weighted by atomic mass is 10.1. The number of hydrogen-bond acceptors (Lipinski definition) is 3. The van der Waals surface area contributed by atoms with Crippen LogP contribution in [0.2, 0.25) is 0 Å². The van der Waals surface area contributed by atoms with Crippen molar-refractivity contribution in [3.63, 3.8) is 0 Å². The highest BCUT2D eigenvalue weighted by atomic mass is 16.3. The van der Waals surface area contributed by atoms with Crippen LogP contribution in [0.4, 0.5) is 5.82 Å². The van der Waals surface area contributed by atoms with Crippen molar-refractivity contribution in [2.75, 3.05) is 5.32 Å². The van der Waals surface area contributed by atoms with Crippen LogP contribution in [-0.4, -0.2) is 14.5 Å². The van der Waals surface area contributed by atoms with E-state index in [1.807, 2.05) is 59.1 Å². The summed E-state index contributed by atoms with van der Waals surface area (Å²) in [4.78, 5) is 4.74. The Labute approximate surface area is 140 Å². The van der Waals surface area contributed by atoms with Gasteiger partial charge in [-0.15, -0.1) is 0 Å². The summed E-state index contributed by atoms with van der Waals surface area (Å²) in [5.74, 6) is 1.20. The zero-order chi connectivity index (χ0) is 16.4. The van der Waals surface area contributed by atoms with E-state index >= 15 is 0 Å². The first-order valence-electron chi connectivity index (χ1n) is 7.85. The number of phenolic OH excluding ortho intramolecular Hbond substituents is 1. The average Bonchev–Trinajstić information content (AvgIpc) is 3.00. The molecular weight excluding hydrogens is 298 g/mol. The van der Waals surface area contributed by atoms with Crippen molar-refractivity contribution < 1.29 is 5.11 Å². The van der Waals surface area contributed by atoms with Crippen molar-refractivity contribution in [1.82, 2.24) is 9.38 Å². The van der Waals surface area contributed by atoms with Gasteiger partial charge < -0.3 is 10.4 Å². The molecule has 4 rings (SSSR count). The van der Waals surface area contributed by atoms with Gasteiger partial charge in [0, 0.05) is 18.3 Å². The second-order valence-electron chi connectivity index (χ2n) is 5.62. The molecule has 4 heteroatoms. The molecule has 0 radical (unpaired) electrons. The number of anilines is 1. The molecule has 2 heterocycles. The third-order valence-corrected chi connectivity index (χ3v) is 3.97. The summed E-state index contributed by atoms with van der Waals surface area (Å²) in [5.41, 5.74) is 3.93. The molecule has 0 bridgehead atoms. The minimum Gasteiger partial charge on any atom is -0.508 e. The van der Waals surface area contributed by atoms with Crippen LogP contribution >= 0.6 is 0 Å². The molecule has 0 atom stereocenters. The predicted octanol–water partition coefficient (Wildman–Crippen LogP) is 4.32. The lowest BCUT2D eigenvalue weighted by Crippen LogP contribution is -2.03. The Kier molecular flexibility index (Phi) is 3.63. The molecule has 0 amide bonds. The number of rotatable bonds is 4. The lowest BCUT2D eigenvalue weighted by molar-refractivity contribution is 0.475. The van der Waals surface area contributed by atoms with Crippen molar-refractivity contribution in [3.05, 3.63) is 84.6 Å². The number of phenols is 1. The second kappa shape index (κ2) is 6.08. The molecule has 2 aromatic carbocycles. The van der Waals surface area contributed by atoms with Crippen molar-refractivity contribution in [2.45, 2.75) is 6.54 Å². The molecule has 0 spiro atoms. The van der Waals surface area contributed by atoms with Crippen LogP contribution in [0.1, 0.15) is 5.56 Å². The van der Waals surface area contributed by atoms with Crippen LogP contribution in [0.3, 0.4) is 0 Å². The lowest BCUT2D eigenvalue weighted by Gasteiger charge is -2.09. The molecule has 4 aromatic rings. The van der Waals surface area contributed by atoms with E-state index in [4.69, 9.17) is 4.98 Å². The third-order valence-electron chi connectivity index (χ3n) is 3.97. The molecule has 0 fully saturated rings. The highest BCUT2D eigenvalue weighted by molar-refractivity contribution is 5.76. The van der Waals surface area contributed by atoms with Gasteiger partial charge in [-0.1, -0.05) is 36.4 Å². The summed E-state index contributed by atoms with van der Waals surface area (Å²) in [6.45, 7) is 0.717. The molecular formula is C20H17N3O. The first kappa shape index (κ1) is 14.3. The van der Waals surface area contributed by atoms with Crippen molar-refractivity contribution in [3.8, 4) is 17.0 Å². The SMILES string of the molecule is Oc1ccc(-c2nc3ccccn3c2NCc2ccccc2)cc1. The van der Waals surface area contributed by atoms with Crippen LogP contribution in [0.15, 0.2) is 79.0 Å². The Morgan fingerprint density at radius 1 is 0.875 bits per heavy atom. The third kappa shape index (κ3) is 2.70. The van der Waals surface area contributed by atoms with Gasteiger partial charge in [0.1, 0.15) is 22.9 Å². The van der Waals surface area contributed by atoms with Gasteiger partial charge in [-0.25, -0.2) is 4.98 Å². The van der Waals surface area contributed by atoms with E-state index in [2.05, 4.69) is 17.4 Å². The quantitative estimate of drug-likeness (QED) is 0.589. The fraction of sp³-hybridized carbons (Fsp3) is 0.0500. The number of pyridine rings is 1. The minimum atomic E-state index is 0.251. The zero-order valence-corrected chi connectivity index (χ0v) is 13.1. The number of aromatic hydroxyl groups is 1. The van der Waals surface area contributed by atoms with E-state index in [0.717, 1.165) is 22.7 Å². The molecule has 0 saturated heterocycles. The smallest absolute Gasteiger partial charge is 0.139 e. The van der Waals surface area contributed by atoms with E-state index < -0.39 is 0 Å². The van der Waals surface area contributed by atoms with Crippen LogP contribution in [0, 0.1) is 0 Å². The van der Waals surface area contributed by atoms with E-state index in [-0.39, 0.29) is 5.75 Å². The zero-order valence-electron chi connectivity index (χ0n) is 13.1. The molecule has 0 unspecified atom stereocenters. The maximum atomic E-state index is 9.52. The Hall–Kier alpha value is -3.27. The molecule has 0 aliphatic carbocycles. The number of benzene rings is 2. The molecule has 2 aromatic heterocycles. The first-order chi connectivity index (χ1) is 11.8. The first-order valence-corrected chi connectivity index (χ1v) is 7.85. The molecule has 0 aliphatic rings. The summed E-state index contributed by atoms with van der Waals surface area (Å²) in [7, 11) is 0. The maximum Gasteiger partial charge on any atom is 0.139 e. The van der Waals surface area contributed by atoms with Gasteiger partial charge in [0.05, 0.1) is 0 Å². The fourth-order valence-electron chi connectivity index (χ4n) is 2.77. The molecule has 118 valence electrons. The monoisotopic (exact) mass is 315 g/mol. The van der Waals surface area contributed by atoms with E-state index in [1.54, 1.807) is 12.1 Å². The standard InChI is InChI=1S/C20H17N3O/c24-17-11-9-16(10-12-17)19-20(21-14-15-6-2-1-3-7-15)23-13-5-4-8-18(23)22-19/h1-13,21,24H,14H2. The van der Waals surface area contributed by atoms with Gasteiger partial charge in [-0.2, -0.15) is 0 Å². The largest absolute Gasteiger partial charge is 0.508 e. The van der Waals surface area contributed by atoms with Crippen molar-refractivity contribution in [1.29, 1.82) is 0 Å². The second-order valence-corrected chi connectivity index (χ2v) is 5.62. The molecule has 4 nitrogen and oxygen atoms in total. The normalized spacial score (nSPS) is 10.8. The summed E-state index contributed by atoms with van der Waals surface area (Å²) >= 11 is 0. The number of aromatic nitrogens is 2. The van der Waals surface area contributed by atoms with Gasteiger partial charge in [-0.05, 0) is 42.0 Å². The summed E-state index contributed by atoms with van der Waals surface area (Å²) in [5, 5.41) is 13.0. The van der Waals surface area contributed by atoms with E-state index in [0.29, 0.717) is 6.54 Å². The number of nitrogens with zero attached hydrogens (tertiary/aromatic N) is 2. The Morgan fingerprint density at radius 2 is 1.62 bits per heavy atom. The molecule has 2 N–H and O–H groups in total. The van der Waals surface area contributed by atoms with Crippen molar-refractivity contribution in [2.24, 2.45) is 0 Å². The van der Waals surface area contributed by atoms with E-state index in [1.165, 1.54) is 5.56 Å². The van der Waals surface area contributed by atoms with Gasteiger partial charge in [0.25, 0.3) is 0 Å². The molecule has 24 heavy (non-hydrogen) atoms. The fourth-order valence-corrected chi connectivity index (χ4v) is 2.77. The van der Waals surface area contributed by atoms with Crippen molar-refractivity contribution >= 4 is 11.5 Å². The van der Waals surface area contributed by atoms with Gasteiger partial charge in [0.15, 0.2) is 0 Å². The topological polar surface area (TPSA) is 49.6 Å². The summed E-state index contributed by atoms with van der Waals surface area (Å²) in [6, 6.07) is 23.3. The Morgan fingerprint density at radius 3 is 2.42 bits per heavy atom. The summed E-state index contributed by atoms with van der Waals surface area (Å²) < 4.78 is 2.05. The predicted molar refractivity (Wildman–Crippen MR) is 96.1 cm³/mol. The average molecular weight is 315 g/mol. The minimum absolute atomic E-state index is 0.251. The van der Waals surface area contributed by atoms with Gasteiger partial charge >= 0.3 is 0 Å². The number of hydrogen-bond donors (Lipinski definition) is 2. The van der Waals surface area contributed by atoms with Crippen LogP contribution in [-0.2, 0) is 6.54 Å². The van der Waals surface area contributed by atoms with Crippen LogP contribution < -0.4 is 5.32 Å². The highest BCUT2D eigenvalue weighted by Crippen LogP contribution is 2.30. The molecule has 0 saturated carbocycles. The van der Waals surface area contributed by atoms with Crippen LogP contribution in [0.5, 0.6) is 5.75 Å². The van der Waals surface area contributed by atoms with Gasteiger partial charge in [0.2, 0.25) is 0 Å². The maximum absolute atomic E-state index is 9.52. The number of fused-ring (bicyclic) bond motifs is 1. The molecule has 0 aliphatic heterocycles. The van der Waals surface area contributed by atoms with E-state index in [9.17, 15) is 5.11 Å².